The topological polar surface area (TPSA) is 56.7 Å². The minimum Gasteiger partial charge on any atom is -0.472 e. The van der Waals surface area contributed by atoms with Crippen LogP contribution in [0.5, 0.6) is 11.9 Å². The van der Waals surface area contributed by atoms with E-state index in [9.17, 15) is 0 Å². The highest BCUT2D eigenvalue weighted by Gasteiger charge is 2.29. The van der Waals surface area contributed by atoms with Crippen molar-refractivity contribution >= 4 is 10.8 Å². The molecule has 0 spiro atoms. The number of fused-ring (bicyclic) bond motifs is 2. The summed E-state index contributed by atoms with van der Waals surface area (Å²) in [7, 11) is 2.15. The Labute approximate surface area is 218 Å². The molecule has 1 saturated heterocycles. The van der Waals surface area contributed by atoms with Gasteiger partial charge in [0.05, 0.1) is 24.0 Å². The molecule has 6 rings (SSSR count). The monoisotopic (exact) mass is 495 g/mol. The smallest absolute Gasteiger partial charge is 0.320 e. The van der Waals surface area contributed by atoms with Gasteiger partial charge in [0.1, 0.15) is 13.2 Å². The van der Waals surface area contributed by atoms with Gasteiger partial charge in [-0.3, -0.25) is 0 Å². The summed E-state index contributed by atoms with van der Waals surface area (Å²) in [4.78, 5) is 11.9. The van der Waals surface area contributed by atoms with Crippen molar-refractivity contribution in [1.29, 1.82) is 0 Å². The van der Waals surface area contributed by atoms with Crippen LogP contribution in [0.1, 0.15) is 46.9 Å². The van der Waals surface area contributed by atoms with Gasteiger partial charge in [0, 0.05) is 12.5 Å². The number of benzene rings is 3. The summed E-state index contributed by atoms with van der Waals surface area (Å²) in [5, 5.41) is 2.49. The largest absolute Gasteiger partial charge is 0.472 e. The SMILES string of the molecule is Cc1cccc2cccc(C3Cc4nc(OC[C@@H]5CCCN5C)nc(OCc5ccccc5)c4CO3)c12. The van der Waals surface area contributed by atoms with Crippen LogP contribution in [-0.2, 0) is 24.4 Å². The molecule has 6 nitrogen and oxygen atoms in total. The maximum absolute atomic E-state index is 6.43. The fourth-order valence-corrected chi connectivity index (χ4v) is 5.52. The van der Waals surface area contributed by atoms with Crippen molar-refractivity contribution in [3.05, 3.63) is 94.7 Å². The molecule has 6 heteroatoms. The number of aryl methyl sites for hydroxylation is 1. The first-order valence-electron chi connectivity index (χ1n) is 13.1. The van der Waals surface area contributed by atoms with Gasteiger partial charge in [-0.05, 0) is 60.8 Å². The molecule has 1 fully saturated rings. The van der Waals surface area contributed by atoms with E-state index < -0.39 is 0 Å². The van der Waals surface area contributed by atoms with E-state index in [1.165, 1.54) is 28.3 Å². The van der Waals surface area contributed by atoms with Crippen LogP contribution >= 0.6 is 0 Å². The van der Waals surface area contributed by atoms with Crippen LogP contribution in [0.15, 0.2) is 66.7 Å². The highest BCUT2D eigenvalue weighted by Crippen LogP contribution is 2.38. The molecule has 0 amide bonds. The zero-order valence-corrected chi connectivity index (χ0v) is 21.5. The molecule has 2 aliphatic rings. The molecule has 190 valence electrons. The third kappa shape index (κ3) is 5.04. The number of hydrogen-bond donors (Lipinski definition) is 0. The Morgan fingerprint density at radius 1 is 0.973 bits per heavy atom. The van der Waals surface area contributed by atoms with Crippen LogP contribution in [0.2, 0.25) is 0 Å². The van der Waals surface area contributed by atoms with Gasteiger partial charge in [-0.1, -0.05) is 66.7 Å². The van der Waals surface area contributed by atoms with Crippen molar-refractivity contribution in [3.8, 4) is 11.9 Å². The molecule has 0 aliphatic carbocycles. The quantitative estimate of drug-likeness (QED) is 0.323. The lowest BCUT2D eigenvalue weighted by atomic mass is 9.93. The summed E-state index contributed by atoms with van der Waals surface area (Å²) in [6.45, 7) is 4.68. The molecular formula is C31H33N3O3. The van der Waals surface area contributed by atoms with E-state index in [1.807, 2.05) is 18.2 Å². The molecule has 37 heavy (non-hydrogen) atoms. The van der Waals surface area contributed by atoms with Gasteiger partial charge >= 0.3 is 6.01 Å². The fourth-order valence-electron chi connectivity index (χ4n) is 5.52. The molecule has 0 radical (unpaired) electrons. The predicted octanol–water partition coefficient (Wildman–Crippen LogP) is 5.80. The van der Waals surface area contributed by atoms with E-state index in [4.69, 9.17) is 24.2 Å². The number of likely N-dealkylation sites (tertiary alicyclic amines) is 1. The second-order valence-electron chi connectivity index (χ2n) is 10.1. The Bertz CT molecular complexity index is 1390. The number of aromatic nitrogens is 2. The maximum atomic E-state index is 6.43. The zero-order valence-electron chi connectivity index (χ0n) is 21.5. The third-order valence-electron chi connectivity index (χ3n) is 7.63. The molecule has 4 aromatic rings. The highest BCUT2D eigenvalue weighted by atomic mass is 16.5. The normalized spacial score (nSPS) is 19.6. The number of hydrogen-bond acceptors (Lipinski definition) is 6. The standard InChI is InChI=1S/C31H33N3O3/c1-21-9-6-12-23-13-7-15-25(29(21)23)28-17-27-26(20-35-28)30(36-18-22-10-4-3-5-11-22)33-31(32-27)37-19-24-14-8-16-34(24)2/h3-7,9-13,15,24,28H,8,14,16-20H2,1-2H3/t24-,28?/m0/s1. The van der Waals surface area contributed by atoms with Gasteiger partial charge in [0.25, 0.3) is 0 Å². The average molecular weight is 496 g/mol. The number of ether oxygens (including phenoxy) is 3. The predicted molar refractivity (Wildman–Crippen MR) is 144 cm³/mol. The average Bonchev–Trinajstić information content (AvgIpc) is 3.35. The van der Waals surface area contributed by atoms with Gasteiger partial charge < -0.3 is 19.1 Å². The van der Waals surface area contributed by atoms with Gasteiger partial charge in [-0.2, -0.15) is 9.97 Å². The molecule has 2 aliphatic heterocycles. The first kappa shape index (κ1) is 23.9. The van der Waals surface area contributed by atoms with Crippen molar-refractivity contribution in [2.75, 3.05) is 20.2 Å². The van der Waals surface area contributed by atoms with E-state index in [2.05, 4.69) is 67.4 Å². The first-order chi connectivity index (χ1) is 18.2. The zero-order chi connectivity index (χ0) is 25.2. The molecule has 0 bridgehead atoms. The second-order valence-corrected chi connectivity index (χ2v) is 10.1. The molecule has 1 aromatic heterocycles. The maximum Gasteiger partial charge on any atom is 0.320 e. The summed E-state index contributed by atoms with van der Waals surface area (Å²) >= 11 is 0. The van der Waals surface area contributed by atoms with E-state index >= 15 is 0 Å². The number of rotatable bonds is 7. The van der Waals surface area contributed by atoms with Crippen LogP contribution in [0, 0.1) is 6.92 Å². The van der Waals surface area contributed by atoms with E-state index in [0.29, 0.717) is 44.2 Å². The Morgan fingerprint density at radius 2 is 1.81 bits per heavy atom. The van der Waals surface area contributed by atoms with Crippen molar-refractivity contribution in [3.63, 3.8) is 0 Å². The first-order valence-corrected chi connectivity index (χ1v) is 13.1. The lowest BCUT2D eigenvalue weighted by molar-refractivity contribution is 0.0239. The Morgan fingerprint density at radius 3 is 2.62 bits per heavy atom. The van der Waals surface area contributed by atoms with Crippen LogP contribution in [-0.4, -0.2) is 41.1 Å². The van der Waals surface area contributed by atoms with Crippen LogP contribution in [0.3, 0.4) is 0 Å². The van der Waals surface area contributed by atoms with E-state index in [-0.39, 0.29) is 6.10 Å². The lowest BCUT2D eigenvalue weighted by Crippen LogP contribution is -2.31. The van der Waals surface area contributed by atoms with Crippen molar-refractivity contribution in [1.82, 2.24) is 14.9 Å². The summed E-state index contributed by atoms with van der Waals surface area (Å²) in [5.74, 6) is 0.552. The van der Waals surface area contributed by atoms with Crippen molar-refractivity contribution in [2.24, 2.45) is 0 Å². The fraction of sp³-hybridized carbons (Fsp3) is 0.355. The second kappa shape index (κ2) is 10.5. The summed E-state index contributed by atoms with van der Waals surface area (Å²) in [5.41, 5.74) is 5.39. The minimum atomic E-state index is -0.0945. The molecule has 0 N–H and O–H groups in total. The van der Waals surface area contributed by atoms with Crippen LogP contribution < -0.4 is 9.47 Å². The Hall–Kier alpha value is -3.48. The van der Waals surface area contributed by atoms with Gasteiger partial charge in [0.2, 0.25) is 5.88 Å². The molecule has 1 unspecified atom stereocenters. The highest BCUT2D eigenvalue weighted by molar-refractivity contribution is 5.89. The molecular weight excluding hydrogens is 462 g/mol. The molecule has 3 heterocycles. The summed E-state index contributed by atoms with van der Waals surface area (Å²) in [6, 6.07) is 23.8. The van der Waals surface area contributed by atoms with Crippen LogP contribution in [0.25, 0.3) is 10.8 Å². The van der Waals surface area contributed by atoms with Crippen LogP contribution in [0.4, 0.5) is 0 Å². The minimum absolute atomic E-state index is 0.0945. The summed E-state index contributed by atoms with van der Waals surface area (Å²) in [6.07, 6.45) is 2.88. The summed E-state index contributed by atoms with van der Waals surface area (Å²) < 4.78 is 18.8. The number of nitrogens with zero attached hydrogens (tertiary/aromatic N) is 3. The third-order valence-corrected chi connectivity index (χ3v) is 7.63. The lowest BCUT2D eigenvalue weighted by Gasteiger charge is -2.28. The van der Waals surface area contributed by atoms with E-state index in [1.54, 1.807) is 0 Å². The van der Waals surface area contributed by atoms with Gasteiger partial charge in [-0.15, -0.1) is 0 Å². The van der Waals surface area contributed by atoms with Gasteiger partial charge in [-0.25, -0.2) is 0 Å². The molecule has 2 atom stereocenters. The van der Waals surface area contributed by atoms with Crippen molar-refractivity contribution in [2.45, 2.75) is 51.5 Å². The van der Waals surface area contributed by atoms with Gasteiger partial charge in [0.15, 0.2) is 0 Å². The van der Waals surface area contributed by atoms with Crippen molar-refractivity contribution < 1.29 is 14.2 Å². The Balaban J connectivity index is 1.30. The number of likely N-dealkylation sites (N-methyl/N-ethyl adjacent to an activating group) is 1. The molecule has 0 saturated carbocycles. The molecule has 3 aromatic carbocycles. The van der Waals surface area contributed by atoms with E-state index in [0.717, 1.165) is 29.8 Å². The Kier molecular flexibility index (Phi) is 6.77.